The quantitative estimate of drug-likeness (QED) is 0.261. The van der Waals surface area contributed by atoms with Crippen LogP contribution in [0.1, 0.15) is 77.6 Å². The largest absolute Gasteiger partial charge is 0.394 e. The van der Waals surface area contributed by atoms with Crippen LogP contribution in [0.3, 0.4) is 0 Å². The molecule has 0 spiro atoms. The predicted octanol–water partition coefficient (Wildman–Crippen LogP) is 2.50. The van der Waals surface area contributed by atoms with Gasteiger partial charge in [-0.05, 0) is 6.42 Å². The first-order valence-electron chi connectivity index (χ1n) is 9.42. The van der Waals surface area contributed by atoms with Gasteiger partial charge in [-0.25, -0.2) is 0 Å². The van der Waals surface area contributed by atoms with E-state index in [0.717, 1.165) is 19.3 Å². The zero-order valence-corrected chi connectivity index (χ0v) is 15.3. The molecule has 0 aliphatic heterocycles. The summed E-state index contributed by atoms with van der Waals surface area (Å²) in [5.41, 5.74) is 5.42. The van der Waals surface area contributed by atoms with Gasteiger partial charge < -0.3 is 25.4 Å². The van der Waals surface area contributed by atoms with Crippen molar-refractivity contribution in [2.24, 2.45) is 5.73 Å². The molecule has 0 atom stereocenters. The van der Waals surface area contributed by atoms with Crippen molar-refractivity contribution in [2.75, 3.05) is 26.4 Å². The normalized spacial score (nSPS) is 11.8. The van der Waals surface area contributed by atoms with Crippen LogP contribution >= 0.6 is 0 Å². The lowest BCUT2D eigenvalue weighted by Crippen LogP contribution is -2.49. The van der Waals surface area contributed by atoms with E-state index >= 15 is 0 Å². The maximum atomic E-state index is 11.7. The molecule has 0 radical (unpaired) electrons. The Morgan fingerprint density at radius 3 is 1.62 bits per heavy atom. The number of hydrogen-bond donors (Lipinski definition) is 3. The van der Waals surface area contributed by atoms with E-state index in [1.54, 1.807) is 0 Å². The fraction of sp³-hybridized carbons (Fsp3) is 0.944. The van der Waals surface area contributed by atoms with Crippen LogP contribution in [0.5, 0.6) is 0 Å². The van der Waals surface area contributed by atoms with Crippen LogP contribution in [0.4, 0.5) is 0 Å². The first-order chi connectivity index (χ1) is 11.6. The maximum Gasteiger partial charge on any atom is 0.277 e. The van der Waals surface area contributed by atoms with Crippen LogP contribution in [0.2, 0.25) is 0 Å². The molecule has 0 saturated heterocycles. The zero-order valence-electron chi connectivity index (χ0n) is 15.3. The Hall–Kier alpha value is -0.690. The van der Waals surface area contributed by atoms with Gasteiger partial charge in [-0.1, -0.05) is 64.7 Å². The van der Waals surface area contributed by atoms with Crippen molar-refractivity contribution in [1.29, 1.82) is 0 Å². The number of amides is 1. The molecule has 1 amide bonds. The highest BCUT2D eigenvalue weighted by Gasteiger charge is 2.38. The molecule has 0 fully saturated rings. The molecule has 4 N–H and O–H groups in total. The summed E-state index contributed by atoms with van der Waals surface area (Å²) in [6.45, 7) is 1.75. The lowest BCUT2D eigenvalue weighted by atomic mass is 10.0. The lowest BCUT2D eigenvalue weighted by molar-refractivity contribution is -0.236. The summed E-state index contributed by atoms with van der Waals surface area (Å²) in [7, 11) is 0. The van der Waals surface area contributed by atoms with E-state index in [2.05, 4.69) is 6.92 Å². The molecular weight excluding hydrogens is 310 g/mol. The fourth-order valence-corrected chi connectivity index (χ4v) is 2.72. The molecule has 24 heavy (non-hydrogen) atoms. The van der Waals surface area contributed by atoms with Gasteiger partial charge in [0.15, 0.2) is 0 Å². The molecule has 0 rings (SSSR count). The molecule has 6 nitrogen and oxygen atoms in total. The second-order valence-electron chi connectivity index (χ2n) is 6.19. The molecule has 144 valence electrons. The SMILES string of the molecule is CCCCCCCCCCCCC(OCCO)(OCCO)C(N)=O. The summed E-state index contributed by atoms with van der Waals surface area (Å²) in [5.74, 6) is -2.24. The summed E-state index contributed by atoms with van der Waals surface area (Å²) in [6, 6.07) is 0. The molecule has 6 heteroatoms. The van der Waals surface area contributed by atoms with Crippen LogP contribution in [0.25, 0.3) is 0 Å². The average molecular weight is 347 g/mol. The van der Waals surface area contributed by atoms with Crippen LogP contribution in [-0.2, 0) is 14.3 Å². The Balaban J connectivity index is 3.98. The first kappa shape index (κ1) is 23.3. The molecule has 0 aromatic carbocycles. The summed E-state index contributed by atoms with van der Waals surface area (Å²) in [5, 5.41) is 17.8. The van der Waals surface area contributed by atoms with E-state index in [-0.39, 0.29) is 26.4 Å². The zero-order chi connectivity index (χ0) is 18.1. The number of carbonyl (C=O) groups excluding carboxylic acids is 1. The van der Waals surface area contributed by atoms with Crippen LogP contribution < -0.4 is 5.73 Å². The van der Waals surface area contributed by atoms with Gasteiger partial charge in [-0.15, -0.1) is 0 Å². The minimum atomic E-state index is -1.54. The number of aliphatic hydroxyl groups is 2. The van der Waals surface area contributed by atoms with Gasteiger partial charge in [0.05, 0.1) is 26.4 Å². The van der Waals surface area contributed by atoms with Gasteiger partial charge in [0.25, 0.3) is 5.91 Å². The van der Waals surface area contributed by atoms with E-state index in [1.165, 1.54) is 44.9 Å². The topological polar surface area (TPSA) is 102 Å². The van der Waals surface area contributed by atoms with Gasteiger partial charge in [0.2, 0.25) is 5.79 Å². The second kappa shape index (κ2) is 15.8. The summed E-state index contributed by atoms with van der Waals surface area (Å²) in [4.78, 5) is 11.7. The Morgan fingerprint density at radius 1 is 0.833 bits per heavy atom. The van der Waals surface area contributed by atoms with Crippen molar-refractivity contribution < 1.29 is 24.5 Å². The lowest BCUT2D eigenvalue weighted by Gasteiger charge is -2.30. The number of rotatable bonds is 18. The third kappa shape index (κ3) is 11.0. The molecule has 0 saturated carbocycles. The molecule has 0 aromatic rings. The fourth-order valence-electron chi connectivity index (χ4n) is 2.72. The third-order valence-corrected chi connectivity index (χ3v) is 4.09. The van der Waals surface area contributed by atoms with Crippen LogP contribution in [0, 0.1) is 0 Å². The number of carbonyl (C=O) groups is 1. The molecule has 0 aliphatic rings. The number of aliphatic hydroxyl groups excluding tert-OH is 2. The summed E-state index contributed by atoms with van der Waals surface area (Å²) < 4.78 is 10.7. The van der Waals surface area contributed by atoms with Crippen molar-refractivity contribution in [3.05, 3.63) is 0 Å². The van der Waals surface area contributed by atoms with E-state index in [4.69, 9.17) is 25.4 Å². The van der Waals surface area contributed by atoms with E-state index in [0.29, 0.717) is 6.42 Å². The Morgan fingerprint density at radius 2 is 1.25 bits per heavy atom. The van der Waals surface area contributed by atoms with Crippen molar-refractivity contribution in [3.63, 3.8) is 0 Å². The van der Waals surface area contributed by atoms with Crippen LogP contribution in [0.15, 0.2) is 0 Å². The predicted molar refractivity (Wildman–Crippen MR) is 94.5 cm³/mol. The highest BCUT2D eigenvalue weighted by Crippen LogP contribution is 2.22. The van der Waals surface area contributed by atoms with Gasteiger partial charge in [0.1, 0.15) is 0 Å². The highest BCUT2D eigenvalue weighted by atomic mass is 16.7. The van der Waals surface area contributed by atoms with Crippen LogP contribution in [-0.4, -0.2) is 48.3 Å². The van der Waals surface area contributed by atoms with E-state index in [9.17, 15) is 4.79 Å². The molecular formula is C18H37NO5. The summed E-state index contributed by atoms with van der Waals surface area (Å²) in [6.07, 6.45) is 12.2. The highest BCUT2D eigenvalue weighted by molar-refractivity contribution is 5.81. The number of primary amides is 1. The van der Waals surface area contributed by atoms with Crippen molar-refractivity contribution >= 4 is 5.91 Å². The van der Waals surface area contributed by atoms with Gasteiger partial charge >= 0.3 is 0 Å². The smallest absolute Gasteiger partial charge is 0.277 e. The number of hydrogen-bond acceptors (Lipinski definition) is 5. The number of nitrogens with two attached hydrogens (primary N) is 1. The molecule has 0 aliphatic carbocycles. The van der Waals surface area contributed by atoms with E-state index in [1.807, 2.05) is 0 Å². The van der Waals surface area contributed by atoms with Crippen molar-refractivity contribution in [2.45, 2.75) is 83.3 Å². The van der Waals surface area contributed by atoms with Gasteiger partial charge in [-0.2, -0.15) is 0 Å². The Labute approximate surface area is 146 Å². The van der Waals surface area contributed by atoms with E-state index < -0.39 is 11.7 Å². The Kier molecular flexibility index (Phi) is 15.4. The first-order valence-corrected chi connectivity index (χ1v) is 9.42. The minimum absolute atomic E-state index is 0.0217. The standard InChI is InChI=1S/C18H37NO5/c1-2-3-4-5-6-7-8-9-10-11-12-18(17(19)22,23-15-13-20)24-16-14-21/h20-21H,2-16H2,1H3,(H2,19,22). The average Bonchev–Trinajstić information content (AvgIpc) is 2.58. The van der Waals surface area contributed by atoms with Gasteiger partial charge in [0, 0.05) is 6.42 Å². The minimum Gasteiger partial charge on any atom is -0.394 e. The molecule has 0 heterocycles. The van der Waals surface area contributed by atoms with Crippen molar-refractivity contribution in [1.82, 2.24) is 0 Å². The monoisotopic (exact) mass is 347 g/mol. The molecule has 0 unspecified atom stereocenters. The molecule has 0 aromatic heterocycles. The Bertz CT molecular complexity index is 291. The number of unbranched alkanes of at least 4 members (excludes halogenated alkanes) is 9. The van der Waals surface area contributed by atoms with Crippen molar-refractivity contribution in [3.8, 4) is 0 Å². The van der Waals surface area contributed by atoms with Gasteiger partial charge in [-0.3, -0.25) is 4.79 Å². The second-order valence-corrected chi connectivity index (χ2v) is 6.19. The summed E-state index contributed by atoms with van der Waals surface area (Å²) >= 11 is 0. The number of ether oxygens (including phenoxy) is 2. The molecule has 0 bridgehead atoms. The third-order valence-electron chi connectivity index (χ3n) is 4.09. The maximum absolute atomic E-state index is 11.7.